The molecule has 2 rings (SSSR count). The lowest BCUT2D eigenvalue weighted by Gasteiger charge is -2.23. The highest BCUT2D eigenvalue weighted by Gasteiger charge is 2.15. The van der Waals surface area contributed by atoms with Crippen LogP contribution in [0.4, 0.5) is 0 Å². The quantitative estimate of drug-likeness (QED) is 0.264. The minimum absolute atomic E-state index is 0.151. The molecule has 28 heavy (non-hydrogen) atoms. The topological polar surface area (TPSA) is 65.0 Å². The molecule has 1 unspecified atom stereocenters. The molecule has 5 nitrogen and oxygen atoms in total. The van der Waals surface area contributed by atoms with E-state index in [2.05, 4.69) is 0 Å². The zero-order valence-corrected chi connectivity index (χ0v) is 18.1. The highest BCUT2D eigenvalue weighted by molar-refractivity contribution is 8.76. The third-order valence-electron chi connectivity index (χ3n) is 4.28. The molecular formula is C21H32O5S2. The lowest BCUT2D eigenvalue weighted by atomic mass is 10.1. The van der Waals surface area contributed by atoms with Crippen molar-refractivity contribution in [2.45, 2.75) is 57.7 Å². The molecule has 1 aliphatic rings. The van der Waals surface area contributed by atoms with E-state index in [-0.39, 0.29) is 25.3 Å². The Bertz CT molecular complexity index is 532. The fourth-order valence-electron chi connectivity index (χ4n) is 2.70. The van der Waals surface area contributed by atoms with Gasteiger partial charge in [0, 0.05) is 24.5 Å². The molecule has 1 atom stereocenters. The number of aliphatic hydroxyl groups excluding tert-OH is 1. The van der Waals surface area contributed by atoms with Crippen LogP contribution in [0, 0.1) is 0 Å². The SMILES string of the molecule is O=C(Cc1ccc(OC2CCCCO2)cc1)OCCCCSSCCCCO. The predicted octanol–water partition coefficient (Wildman–Crippen LogP) is 4.61. The van der Waals surface area contributed by atoms with Crippen LogP contribution in [0.15, 0.2) is 24.3 Å². The number of unbranched alkanes of at least 4 members (excludes halogenated alkanes) is 2. The van der Waals surface area contributed by atoms with E-state index in [1.54, 1.807) is 0 Å². The molecule has 0 aromatic heterocycles. The van der Waals surface area contributed by atoms with Gasteiger partial charge in [-0.1, -0.05) is 33.7 Å². The Kier molecular flexibility index (Phi) is 12.5. The molecule has 1 saturated heterocycles. The average Bonchev–Trinajstić information content (AvgIpc) is 2.72. The minimum atomic E-state index is -0.185. The Labute approximate surface area is 176 Å². The monoisotopic (exact) mass is 428 g/mol. The molecule has 0 bridgehead atoms. The number of carbonyl (C=O) groups is 1. The molecule has 1 N–H and O–H groups in total. The maximum Gasteiger partial charge on any atom is 0.310 e. The maximum absolute atomic E-state index is 11.9. The van der Waals surface area contributed by atoms with Gasteiger partial charge in [-0.3, -0.25) is 4.79 Å². The van der Waals surface area contributed by atoms with Crippen LogP contribution in [0.3, 0.4) is 0 Å². The Morgan fingerprint density at radius 1 is 1.07 bits per heavy atom. The molecule has 158 valence electrons. The zero-order chi connectivity index (χ0) is 19.9. The zero-order valence-electron chi connectivity index (χ0n) is 16.5. The minimum Gasteiger partial charge on any atom is -0.465 e. The number of ether oxygens (including phenoxy) is 3. The van der Waals surface area contributed by atoms with Crippen molar-refractivity contribution in [2.24, 2.45) is 0 Å². The van der Waals surface area contributed by atoms with E-state index in [1.807, 2.05) is 45.9 Å². The summed E-state index contributed by atoms with van der Waals surface area (Å²) in [5.41, 5.74) is 0.928. The van der Waals surface area contributed by atoms with Gasteiger partial charge in [-0.05, 0) is 56.2 Å². The van der Waals surface area contributed by atoms with Gasteiger partial charge in [0.15, 0.2) is 6.29 Å². The van der Waals surface area contributed by atoms with Crippen molar-refractivity contribution in [2.75, 3.05) is 31.3 Å². The van der Waals surface area contributed by atoms with Crippen LogP contribution in [0.1, 0.15) is 50.5 Å². The molecule has 1 heterocycles. The number of benzene rings is 1. The molecule has 7 heteroatoms. The second-order valence-electron chi connectivity index (χ2n) is 6.74. The first-order valence-electron chi connectivity index (χ1n) is 10.2. The summed E-state index contributed by atoms with van der Waals surface area (Å²) in [4.78, 5) is 11.9. The molecule has 1 aromatic carbocycles. The summed E-state index contributed by atoms with van der Waals surface area (Å²) in [6.07, 6.45) is 7.18. The summed E-state index contributed by atoms with van der Waals surface area (Å²) < 4.78 is 16.7. The van der Waals surface area contributed by atoms with Crippen molar-refractivity contribution in [3.63, 3.8) is 0 Å². The predicted molar refractivity (Wildman–Crippen MR) is 116 cm³/mol. The number of aliphatic hydroxyl groups is 1. The molecule has 0 amide bonds. The van der Waals surface area contributed by atoms with E-state index in [0.717, 1.165) is 74.4 Å². The third-order valence-corrected chi connectivity index (χ3v) is 6.86. The van der Waals surface area contributed by atoms with Crippen LogP contribution in [-0.2, 0) is 20.7 Å². The van der Waals surface area contributed by atoms with Crippen LogP contribution >= 0.6 is 21.6 Å². The molecule has 0 radical (unpaired) electrons. The molecule has 0 aliphatic carbocycles. The van der Waals surface area contributed by atoms with Crippen molar-refractivity contribution >= 4 is 27.6 Å². The van der Waals surface area contributed by atoms with Gasteiger partial charge in [0.2, 0.25) is 0 Å². The summed E-state index contributed by atoms with van der Waals surface area (Å²) in [6.45, 7) is 1.52. The maximum atomic E-state index is 11.9. The van der Waals surface area contributed by atoms with Crippen LogP contribution in [0.2, 0.25) is 0 Å². The molecule has 0 saturated carbocycles. The summed E-state index contributed by atoms with van der Waals surface area (Å²) >= 11 is 0. The van der Waals surface area contributed by atoms with E-state index in [4.69, 9.17) is 19.3 Å². The molecule has 1 aromatic rings. The Balaban J connectivity index is 1.50. The van der Waals surface area contributed by atoms with Crippen molar-refractivity contribution in [3.8, 4) is 5.75 Å². The fourth-order valence-corrected chi connectivity index (χ4v) is 4.99. The third kappa shape index (κ3) is 10.6. The number of hydrogen-bond donors (Lipinski definition) is 1. The number of esters is 1. The first kappa shape index (κ1) is 23.4. The van der Waals surface area contributed by atoms with Gasteiger partial charge < -0.3 is 19.3 Å². The van der Waals surface area contributed by atoms with Crippen molar-refractivity contribution < 1.29 is 24.1 Å². The lowest BCUT2D eigenvalue weighted by molar-refractivity contribution is -0.142. The standard InChI is InChI=1S/C21H32O5S2/c22-12-2-5-15-27-28-16-6-4-13-24-20(23)17-18-8-10-19(11-9-18)26-21-7-1-3-14-25-21/h8-11,21-22H,1-7,12-17H2. The normalized spacial score (nSPS) is 16.7. The second-order valence-corrected chi connectivity index (χ2v) is 9.44. The Morgan fingerprint density at radius 2 is 1.82 bits per heavy atom. The van der Waals surface area contributed by atoms with E-state index in [9.17, 15) is 4.79 Å². The largest absolute Gasteiger partial charge is 0.465 e. The van der Waals surface area contributed by atoms with Gasteiger partial charge in [-0.25, -0.2) is 0 Å². The number of carbonyl (C=O) groups excluding carboxylic acids is 1. The smallest absolute Gasteiger partial charge is 0.310 e. The van der Waals surface area contributed by atoms with Gasteiger partial charge in [-0.15, -0.1) is 0 Å². The summed E-state index contributed by atoms with van der Waals surface area (Å²) in [5, 5.41) is 8.71. The summed E-state index contributed by atoms with van der Waals surface area (Å²) in [5.74, 6) is 2.73. The molecular weight excluding hydrogens is 396 g/mol. The van der Waals surface area contributed by atoms with Gasteiger partial charge in [0.1, 0.15) is 5.75 Å². The molecule has 0 spiro atoms. The van der Waals surface area contributed by atoms with Crippen LogP contribution in [0.5, 0.6) is 5.75 Å². The highest BCUT2D eigenvalue weighted by Crippen LogP contribution is 2.23. The fraction of sp³-hybridized carbons (Fsp3) is 0.667. The highest BCUT2D eigenvalue weighted by atomic mass is 33.1. The summed E-state index contributed by atoms with van der Waals surface area (Å²) in [7, 11) is 3.70. The van der Waals surface area contributed by atoms with Gasteiger partial charge in [0.25, 0.3) is 0 Å². The van der Waals surface area contributed by atoms with Gasteiger partial charge in [-0.2, -0.15) is 0 Å². The van der Waals surface area contributed by atoms with Crippen LogP contribution in [-0.4, -0.2) is 48.7 Å². The number of rotatable bonds is 14. The van der Waals surface area contributed by atoms with E-state index in [1.165, 1.54) is 0 Å². The lowest BCUT2D eigenvalue weighted by Crippen LogP contribution is -2.24. The first-order chi connectivity index (χ1) is 13.8. The van der Waals surface area contributed by atoms with E-state index < -0.39 is 0 Å². The number of hydrogen-bond acceptors (Lipinski definition) is 7. The van der Waals surface area contributed by atoms with Crippen molar-refractivity contribution in [1.82, 2.24) is 0 Å². The van der Waals surface area contributed by atoms with Gasteiger partial charge in [0.05, 0.1) is 19.6 Å². The van der Waals surface area contributed by atoms with Crippen molar-refractivity contribution in [1.29, 1.82) is 0 Å². The van der Waals surface area contributed by atoms with E-state index >= 15 is 0 Å². The Hall–Kier alpha value is -0.890. The second kappa shape index (κ2) is 15.0. The van der Waals surface area contributed by atoms with Crippen LogP contribution < -0.4 is 4.74 Å². The first-order valence-corrected chi connectivity index (χ1v) is 12.6. The van der Waals surface area contributed by atoms with Crippen LogP contribution in [0.25, 0.3) is 0 Å². The average molecular weight is 429 g/mol. The molecule has 1 fully saturated rings. The molecule has 1 aliphatic heterocycles. The Morgan fingerprint density at radius 3 is 2.50 bits per heavy atom. The van der Waals surface area contributed by atoms with Gasteiger partial charge >= 0.3 is 5.97 Å². The summed E-state index contributed by atoms with van der Waals surface area (Å²) in [6, 6.07) is 7.58. The van der Waals surface area contributed by atoms with E-state index in [0.29, 0.717) is 6.61 Å². The van der Waals surface area contributed by atoms with Crippen molar-refractivity contribution in [3.05, 3.63) is 29.8 Å².